The summed E-state index contributed by atoms with van der Waals surface area (Å²) in [5.41, 5.74) is 2.04. The Hall–Kier alpha value is -0.870. The molecule has 2 atom stereocenters. The maximum atomic E-state index is 10.0. The SMILES string of the molecule is CCC(C)(O)CNC1CCCc2c1cnn2C. The summed E-state index contributed by atoms with van der Waals surface area (Å²) in [5, 5.41) is 17.8. The van der Waals surface area contributed by atoms with Crippen molar-refractivity contribution in [3.63, 3.8) is 0 Å². The van der Waals surface area contributed by atoms with Crippen LogP contribution in [0.4, 0.5) is 0 Å². The third kappa shape index (κ3) is 2.69. The maximum Gasteiger partial charge on any atom is 0.0741 e. The second kappa shape index (κ2) is 4.78. The zero-order valence-corrected chi connectivity index (χ0v) is 11.0. The highest BCUT2D eigenvalue weighted by atomic mass is 16.3. The summed E-state index contributed by atoms with van der Waals surface area (Å²) in [7, 11) is 2.00. The molecule has 17 heavy (non-hydrogen) atoms. The number of rotatable bonds is 4. The topological polar surface area (TPSA) is 50.1 Å². The van der Waals surface area contributed by atoms with Gasteiger partial charge in [-0.2, -0.15) is 5.10 Å². The molecule has 1 aliphatic rings. The van der Waals surface area contributed by atoms with Crippen LogP contribution >= 0.6 is 0 Å². The second-order valence-corrected chi connectivity index (χ2v) is 5.35. The second-order valence-electron chi connectivity index (χ2n) is 5.35. The first kappa shape index (κ1) is 12.6. The summed E-state index contributed by atoms with van der Waals surface area (Å²) >= 11 is 0. The molecule has 1 aromatic heterocycles. The molecule has 0 aromatic carbocycles. The first-order valence-corrected chi connectivity index (χ1v) is 6.50. The van der Waals surface area contributed by atoms with E-state index in [1.165, 1.54) is 17.7 Å². The van der Waals surface area contributed by atoms with Crippen molar-refractivity contribution in [2.45, 2.75) is 51.2 Å². The predicted molar refractivity (Wildman–Crippen MR) is 67.8 cm³/mol. The Labute approximate surface area is 103 Å². The Morgan fingerprint density at radius 2 is 2.41 bits per heavy atom. The third-order valence-electron chi connectivity index (χ3n) is 3.87. The van der Waals surface area contributed by atoms with E-state index < -0.39 is 5.60 Å². The van der Waals surface area contributed by atoms with Gasteiger partial charge in [0, 0.05) is 30.9 Å². The fourth-order valence-corrected chi connectivity index (χ4v) is 2.39. The molecule has 0 amide bonds. The number of aromatic nitrogens is 2. The lowest BCUT2D eigenvalue weighted by Crippen LogP contribution is -2.39. The average Bonchev–Trinajstić information content (AvgIpc) is 2.70. The van der Waals surface area contributed by atoms with E-state index in [-0.39, 0.29) is 0 Å². The summed E-state index contributed by atoms with van der Waals surface area (Å²) < 4.78 is 1.97. The number of nitrogens with zero attached hydrogens (tertiary/aromatic N) is 2. The lowest BCUT2D eigenvalue weighted by atomic mass is 9.92. The number of aliphatic hydroxyl groups is 1. The number of fused-ring (bicyclic) bond motifs is 1. The smallest absolute Gasteiger partial charge is 0.0741 e. The van der Waals surface area contributed by atoms with Crippen LogP contribution in [0.15, 0.2) is 6.20 Å². The minimum Gasteiger partial charge on any atom is -0.389 e. The van der Waals surface area contributed by atoms with Gasteiger partial charge in [-0.3, -0.25) is 4.68 Å². The summed E-state index contributed by atoms with van der Waals surface area (Å²) in [6.45, 7) is 4.54. The number of hydrogen-bond donors (Lipinski definition) is 2. The molecule has 1 heterocycles. The van der Waals surface area contributed by atoms with E-state index in [0.29, 0.717) is 12.6 Å². The van der Waals surface area contributed by atoms with Crippen molar-refractivity contribution in [2.75, 3.05) is 6.54 Å². The van der Waals surface area contributed by atoms with Crippen LogP contribution in [0.3, 0.4) is 0 Å². The molecule has 0 aliphatic heterocycles. The van der Waals surface area contributed by atoms with Gasteiger partial charge in [-0.1, -0.05) is 6.92 Å². The molecule has 2 rings (SSSR count). The summed E-state index contributed by atoms with van der Waals surface area (Å²) in [6.07, 6.45) is 6.19. The van der Waals surface area contributed by atoms with Crippen LogP contribution in [0.1, 0.15) is 50.4 Å². The molecule has 2 unspecified atom stereocenters. The van der Waals surface area contributed by atoms with E-state index in [9.17, 15) is 5.11 Å². The standard InChI is InChI=1S/C13H23N3O/c1-4-13(2,17)9-14-11-6-5-7-12-10(11)8-15-16(12)3/h8,11,14,17H,4-7,9H2,1-3H3. The highest BCUT2D eigenvalue weighted by molar-refractivity contribution is 5.24. The Morgan fingerprint density at radius 3 is 3.12 bits per heavy atom. The summed E-state index contributed by atoms with van der Waals surface area (Å²) in [4.78, 5) is 0. The molecule has 96 valence electrons. The first-order valence-electron chi connectivity index (χ1n) is 6.50. The van der Waals surface area contributed by atoms with Gasteiger partial charge >= 0.3 is 0 Å². The van der Waals surface area contributed by atoms with Crippen molar-refractivity contribution >= 4 is 0 Å². The monoisotopic (exact) mass is 237 g/mol. The molecule has 0 saturated carbocycles. The van der Waals surface area contributed by atoms with Gasteiger partial charge in [0.15, 0.2) is 0 Å². The average molecular weight is 237 g/mol. The van der Waals surface area contributed by atoms with Crippen molar-refractivity contribution in [3.8, 4) is 0 Å². The minimum atomic E-state index is -0.611. The van der Waals surface area contributed by atoms with E-state index in [2.05, 4.69) is 10.4 Å². The van der Waals surface area contributed by atoms with E-state index >= 15 is 0 Å². The highest BCUT2D eigenvalue weighted by Gasteiger charge is 2.25. The molecule has 1 aliphatic carbocycles. The van der Waals surface area contributed by atoms with Crippen LogP contribution in [0.5, 0.6) is 0 Å². The molecular formula is C13H23N3O. The normalized spacial score (nSPS) is 23.2. The van der Waals surface area contributed by atoms with Gasteiger partial charge in [-0.15, -0.1) is 0 Å². The largest absolute Gasteiger partial charge is 0.389 e. The number of hydrogen-bond acceptors (Lipinski definition) is 3. The van der Waals surface area contributed by atoms with Crippen LogP contribution in [0, 0.1) is 0 Å². The molecule has 4 nitrogen and oxygen atoms in total. The van der Waals surface area contributed by atoms with Crippen LogP contribution in [-0.4, -0.2) is 27.0 Å². The zero-order chi connectivity index (χ0) is 12.5. The third-order valence-corrected chi connectivity index (χ3v) is 3.87. The molecule has 0 bridgehead atoms. The maximum absolute atomic E-state index is 10.0. The van der Waals surface area contributed by atoms with Gasteiger partial charge in [0.05, 0.1) is 11.8 Å². The van der Waals surface area contributed by atoms with Crippen molar-refractivity contribution in [2.24, 2.45) is 7.05 Å². The Balaban J connectivity index is 2.04. The molecule has 0 saturated heterocycles. The molecule has 1 aromatic rings. The Bertz CT molecular complexity index is 384. The molecule has 2 N–H and O–H groups in total. The first-order chi connectivity index (χ1) is 8.03. The predicted octanol–water partition coefficient (Wildman–Crippen LogP) is 1.55. The Kier molecular flexibility index (Phi) is 3.54. The number of nitrogens with one attached hydrogen (secondary N) is 1. The van der Waals surface area contributed by atoms with Gasteiger partial charge in [-0.05, 0) is 32.6 Å². The molecule has 0 spiro atoms. The van der Waals surface area contributed by atoms with Crippen LogP contribution in [0.2, 0.25) is 0 Å². The van der Waals surface area contributed by atoms with E-state index in [4.69, 9.17) is 0 Å². The number of aryl methyl sites for hydroxylation is 1. The van der Waals surface area contributed by atoms with E-state index in [1.54, 1.807) is 0 Å². The van der Waals surface area contributed by atoms with Crippen molar-refractivity contribution in [1.29, 1.82) is 0 Å². The van der Waals surface area contributed by atoms with Crippen molar-refractivity contribution in [3.05, 3.63) is 17.5 Å². The fourth-order valence-electron chi connectivity index (χ4n) is 2.39. The van der Waals surface area contributed by atoms with E-state index in [1.807, 2.05) is 31.8 Å². The lowest BCUT2D eigenvalue weighted by molar-refractivity contribution is 0.0521. The van der Waals surface area contributed by atoms with Crippen LogP contribution in [-0.2, 0) is 13.5 Å². The van der Waals surface area contributed by atoms with Gasteiger partial charge in [0.1, 0.15) is 0 Å². The van der Waals surface area contributed by atoms with Crippen molar-refractivity contribution in [1.82, 2.24) is 15.1 Å². The minimum absolute atomic E-state index is 0.352. The highest BCUT2D eigenvalue weighted by Crippen LogP contribution is 2.29. The van der Waals surface area contributed by atoms with Crippen LogP contribution < -0.4 is 5.32 Å². The fraction of sp³-hybridized carbons (Fsp3) is 0.769. The van der Waals surface area contributed by atoms with E-state index in [0.717, 1.165) is 19.3 Å². The van der Waals surface area contributed by atoms with Crippen LogP contribution in [0.25, 0.3) is 0 Å². The summed E-state index contributed by atoms with van der Waals surface area (Å²) in [6, 6.07) is 0.352. The quantitative estimate of drug-likeness (QED) is 0.835. The zero-order valence-electron chi connectivity index (χ0n) is 11.0. The molecule has 0 radical (unpaired) electrons. The molecule has 0 fully saturated rings. The van der Waals surface area contributed by atoms with Gasteiger partial charge in [0.2, 0.25) is 0 Å². The molecular weight excluding hydrogens is 214 g/mol. The van der Waals surface area contributed by atoms with Gasteiger partial charge in [0.25, 0.3) is 0 Å². The molecule has 4 heteroatoms. The Morgan fingerprint density at radius 1 is 1.65 bits per heavy atom. The van der Waals surface area contributed by atoms with Gasteiger partial charge < -0.3 is 10.4 Å². The lowest BCUT2D eigenvalue weighted by Gasteiger charge is -2.28. The van der Waals surface area contributed by atoms with Crippen molar-refractivity contribution < 1.29 is 5.11 Å². The summed E-state index contributed by atoms with van der Waals surface area (Å²) in [5.74, 6) is 0. The van der Waals surface area contributed by atoms with Gasteiger partial charge in [-0.25, -0.2) is 0 Å².